The topological polar surface area (TPSA) is 98.5 Å². The molecule has 9 heteroatoms. The van der Waals surface area contributed by atoms with Crippen LogP contribution in [0.5, 0.6) is 0 Å². The largest absolute Gasteiger partial charge is 0.460 e. The first-order valence-electron chi connectivity index (χ1n) is 10.2. The van der Waals surface area contributed by atoms with E-state index in [1.807, 2.05) is 13.8 Å². The summed E-state index contributed by atoms with van der Waals surface area (Å²) in [6.07, 6.45) is -0.318. The number of ether oxygens (including phenoxy) is 1. The Labute approximate surface area is 197 Å². The fourth-order valence-corrected chi connectivity index (χ4v) is 3.88. The van der Waals surface area contributed by atoms with Crippen LogP contribution in [0, 0.1) is 19.7 Å². The number of nitrogens with one attached hydrogen (secondary N) is 1. The van der Waals surface area contributed by atoms with E-state index in [4.69, 9.17) is 22.1 Å². The van der Waals surface area contributed by atoms with Crippen LogP contribution in [0.15, 0.2) is 18.2 Å². The number of rotatable bonds is 6. The summed E-state index contributed by atoms with van der Waals surface area (Å²) in [6.45, 7) is 12.6. The van der Waals surface area contributed by atoms with E-state index in [9.17, 15) is 18.8 Å². The van der Waals surface area contributed by atoms with E-state index in [0.29, 0.717) is 5.56 Å². The van der Waals surface area contributed by atoms with E-state index in [1.165, 1.54) is 23.5 Å². The second kappa shape index (κ2) is 11.5. The summed E-state index contributed by atoms with van der Waals surface area (Å²) in [5.74, 6) is -2.59. The SMILES string of the molecule is CC.Cc1sc(NC(=O)C(N)CC(=O)OC(C)(C)C)c(C(=O)c2ccc(Cl)cc2F)c1C. The average molecular weight is 485 g/mol. The first-order chi connectivity index (χ1) is 14.8. The fraction of sp³-hybridized carbons (Fsp3) is 0.435. The van der Waals surface area contributed by atoms with Gasteiger partial charge in [0.25, 0.3) is 0 Å². The number of ketones is 1. The maximum Gasteiger partial charge on any atom is 0.308 e. The van der Waals surface area contributed by atoms with E-state index in [0.717, 1.165) is 10.9 Å². The molecule has 1 unspecified atom stereocenters. The van der Waals surface area contributed by atoms with Crippen LogP contribution in [0.25, 0.3) is 0 Å². The lowest BCUT2D eigenvalue weighted by molar-refractivity contribution is -0.155. The summed E-state index contributed by atoms with van der Waals surface area (Å²) in [6, 6.07) is 2.60. The van der Waals surface area contributed by atoms with Gasteiger partial charge in [-0.05, 0) is 58.4 Å². The van der Waals surface area contributed by atoms with Gasteiger partial charge in [-0.3, -0.25) is 14.4 Å². The van der Waals surface area contributed by atoms with Gasteiger partial charge in [-0.25, -0.2) is 4.39 Å². The molecule has 0 bridgehead atoms. The van der Waals surface area contributed by atoms with E-state index >= 15 is 0 Å². The molecule has 1 aromatic carbocycles. The molecule has 176 valence electrons. The summed E-state index contributed by atoms with van der Waals surface area (Å²) in [5.41, 5.74) is 5.78. The average Bonchev–Trinajstić information content (AvgIpc) is 2.94. The zero-order valence-electron chi connectivity index (χ0n) is 19.4. The smallest absolute Gasteiger partial charge is 0.308 e. The van der Waals surface area contributed by atoms with Crippen LogP contribution in [-0.2, 0) is 14.3 Å². The summed E-state index contributed by atoms with van der Waals surface area (Å²) >= 11 is 6.94. The molecule has 0 radical (unpaired) electrons. The van der Waals surface area contributed by atoms with E-state index < -0.39 is 35.1 Å². The Bertz CT molecular complexity index is 999. The monoisotopic (exact) mass is 484 g/mol. The van der Waals surface area contributed by atoms with E-state index in [1.54, 1.807) is 34.6 Å². The van der Waals surface area contributed by atoms with Gasteiger partial charge in [0.1, 0.15) is 16.4 Å². The van der Waals surface area contributed by atoms with Crippen LogP contribution < -0.4 is 11.1 Å². The van der Waals surface area contributed by atoms with E-state index in [-0.39, 0.29) is 27.6 Å². The highest BCUT2D eigenvalue weighted by atomic mass is 35.5. The Kier molecular flexibility index (Phi) is 10.0. The minimum Gasteiger partial charge on any atom is -0.460 e. The molecule has 1 aromatic heterocycles. The highest BCUT2D eigenvalue weighted by molar-refractivity contribution is 7.16. The maximum atomic E-state index is 14.3. The fourth-order valence-electron chi connectivity index (χ4n) is 2.66. The molecule has 32 heavy (non-hydrogen) atoms. The minimum absolute atomic E-state index is 0.158. The molecule has 0 aliphatic rings. The second-order valence-corrected chi connectivity index (χ2v) is 9.49. The van der Waals surface area contributed by atoms with Crippen molar-refractivity contribution in [2.24, 2.45) is 5.73 Å². The molecule has 0 aliphatic carbocycles. The standard InChI is InChI=1S/C21H24ClFN2O4S.C2H6/c1-10-11(2)30-20(17(10)18(27)13-7-6-12(22)8-14(13)23)25-19(28)15(24)9-16(26)29-21(3,4)5;1-2/h6-8,15H,9,24H2,1-5H3,(H,25,28);1-2H3. The van der Waals surface area contributed by atoms with Crippen molar-refractivity contribution in [1.82, 2.24) is 0 Å². The highest BCUT2D eigenvalue weighted by Crippen LogP contribution is 2.35. The Hall–Kier alpha value is -2.29. The van der Waals surface area contributed by atoms with Crippen molar-refractivity contribution in [3.05, 3.63) is 50.6 Å². The molecule has 2 rings (SSSR count). The third-order valence-corrected chi connectivity index (χ3v) is 5.53. The van der Waals surface area contributed by atoms with Crippen LogP contribution in [0.2, 0.25) is 5.02 Å². The van der Waals surface area contributed by atoms with Gasteiger partial charge < -0.3 is 15.8 Å². The van der Waals surface area contributed by atoms with Gasteiger partial charge in [0, 0.05) is 9.90 Å². The molecule has 6 nitrogen and oxygen atoms in total. The summed E-state index contributed by atoms with van der Waals surface area (Å²) in [7, 11) is 0. The predicted molar refractivity (Wildman–Crippen MR) is 127 cm³/mol. The molecular weight excluding hydrogens is 455 g/mol. The third kappa shape index (κ3) is 7.39. The van der Waals surface area contributed by atoms with Crippen LogP contribution in [0.1, 0.15) is 67.4 Å². The molecule has 1 amide bonds. The van der Waals surface area contributed by atoms with Crippen molar-refractivity contribution < 1.29 is 23.5 Å². The second-order valence-electron chi connectivity index (χ2n) is 7.83. The number of nitrogens with two attached hydrogens (primary N) is 1. The van der Waals surface area contributed by atoms with Crippen molar-refractivity contribution >= 4 is 45.6 Å². The Balaban J connectivity index is 0.00000249. The number of aryl methyl sites for hydroxylation is 1. The van der Waals surface area contributed by atoms with Gasteiger partial charge in [0.05, 0.1) is 23.6 Å². The first kappa shape index (κ1) is 27.7. The van der Waals surface area contributed by atoms with Gasteiger partial charge in [-0.2, -0.15) is 0 Å². The predicted octanol–water partition coefficient (Wildman–Crippen LogP) is 5.41. The van der Waals surface area contributed by atoms with Gasteiger partial charge in [0.15, 0.2) is 5.78 Å². The Morgan fingerprint density at radius 1 is 1.22 bits per heavy atom. The lowest BCUT2D eigenvalue weighted by Gasteiger charge is -2.20. The third-order valence-electron chi connectivity index (χ3n) is 4.17. The molecule has 1 heterocycles. The normalized spacial score (nSPS) is 11.8. The van der Waals surface area contributed by atoms with Crippen LogP contribution in [-0.4, -0.2) is 29.3 Å². The zero-order valence-corrected chi connectivity index (χ0v) is 21.0. The maximum absolute atomic E-state index is 14.3. The number of amides is 1. The molecular formula is C23H30ClFN2O4S. The van der Waals surface area contributed by atoms with Crippen molar-refractivity contribution in [3.8, 4) is 0 Å². The minimum atomic E-state index is -1.17. The molecule has 0 fully saturated rings. The summed E-state index contributed by atoms with van der Waals surface area (Å²) < 4.78 is 19.4. The number of hydrogen-bond acceptors (Lipinski definition) is 6. The van der Waals surface area contributed by atoms with Gasteiger partial charge in [0.2, 0.25) is 5.91 Å². The first-order valence-corrected chi connectivity index (χ1v) is 11.4. The number of halogens is 2. The number of carbonyl (C=O) groups is 3. The van der Waals surface area contributed by atoms with Crippen molar-refractivity contribution in [3.63, 3.8) is 0 Å². The molecule has 2 aromatic rings. The van der Waals surface area contributed by atoms with Crippen molar-refractivity contribution in [1.29, 1.82) is 0 Å². The quantitative estimate of drug-likeness (QED) is 0.421. The Morgan fingerprint density at radius 3 is 2.34 bits per heavy atom. The highest BCUT2D eigenvalue weighted by Gasteiger charge is 2.27. The summed E-state index contributed by atoms with van der Waals surface area (Å²) in [5, 5.41) is 3.01. The van der Waals surface area contributed by atoms with Crippen LogP contribution >= 0.6 is 22.9 Å². The Morgan fingerprint density at radius 2 is 1.81 bits per heavy atom. The lowest BCUT2D eigenvalue weighted by Crippen LogP contribution is -2.39. The number of benzene rings is 1. The van der Waals surface area contributed by atoms with Crippen LogP contribution in [0.4, 0.5) is 9.39 Å². The van der Waals surface area contributed by atoms with Crippen molar-refractivity contribution in [2.45, 2.75) is 66.5 Å². The van der Waals surface area contributed by atoms with E-state index in [2.05, 4.69) is 5.32 Å². The molecule has 0 saturated heterocycles. The number of hydrogen-bond donors (Lipinski definition) is 2. The lowest BCUT2D eigenvalue weighted by atomic mass is 10.0. The molecule has 0 saturated carbocycles. The number of thiophene rings is 1. The van der Waals surface area contributed by atoms with Gasteiger partial charge in [-0.15, -0.1) is 11.3 Å². The van der Waals surface area contributed by atoms with Gasteiger partial charge in [-0.1, -0.05) is 25.4 Å². The van der Waals surface area contributed by atoms with Crippen molar-refractivity contribution in [2.75, 3.05) is 5.32 Å². The molecule has 3 N–H and O–H groups in total. The molecule has 1 atom stereocenters. The molecule has 0 aliphatic heterocycles. The zero-order chi connectivity index (χ0) is 24.8. The summed E-state index contributed by atoms with van der Waals surface area (Å²) in [4.78, 5) is 38.2. The number of esters is 1. The van der Waals surface area contributed by atoms with Gasteiger partial charge >= 0.3 is 5.97 Å². The molecule has 0 spiro atoms. The number of carbonyl (C=O) groups excluding carboxylic acids is 3. The number of anilines is 1. The van der Waals surface area contributed by atoms with Crippen LogP contribution in [0.3, 0.4) is 0 Å².